The van der Waals surface area contributed by atoms with Gasteiger partial charge in [-0.15, -0.1) is 0 Å². The topological polar surface area (TPSA) is 59.0 Å². The average Bonchev–Trinajstić information content (AvgIpc) is 3.42. The standard InChI is InChI=1S/C27H35NO4/c1-19(29)26(30)27(2)18-28(16-20-9-5-4-6-10-20)17-23(27)21-13-14-24(31-3)25(15-21)32-22-11-7-8-12-22/h4-6,9-10,13-15,22-23,26,30H,7-8,11-12,16-18H2,1-3H3/t23-,26?,27-/m0/s1. The SMILES string of the molecule is COc1ccc([C@@H]2CN(Cc3ccccc3)C[C@]2(C)C(O)C(C)=O)cc1OC1CCCC1. The van der Waals surface area contributed by atoms with Crippen molar-refractivity contribution in [2.24, 2.45) is 5.41 Å². The zero-order chi connectivity index (χ0) is 22.7. The van der Waals surface area contributed by atoms with Crippen molar-refractivity contribution in [2.75, 3.05) is 20.2 Å². The van der Waals surface area contributed by atoms with Gasteiger partial charge in [0, 0.05) is 31.0 Å². The molecule has 0 bridgehead atoms. The van der Waals surface area contributed by atoms with Crippen LogP contribution in [0.1, 0.15) is 56.6 Å². The van der Waals surface area contributed by atoms with Gasteiger partial charge in [-0.1, -0.05) is 43.3 Å². The number of Topliss-reactive ketones (excluding diaryl/α,β-unsaturated/α-hetero) is 1. The first-order chi connectivity index (χ1) is 15.4. The lowest BCUT2D eigenvalue weighted by Gasteiger charge is -2.35. The first-order valence-corrected chi connectivity index (χ1v) is 11.7. The summed E-state index contributed by atoms with van der Waals surface area (Å²) < 4.78 is 11.9. The van der Waals surface area contributed by atoms with Crippen molar-refractivity contribution >= 4 is 5.78 Å². The third kappa shape index (κ3) is 4.69. The number of carbonyl (C=O) groups excluding carboxylic acids is 1. The summed E-state index contributed by atoms with van der Waals surface area (Å²) in [5.74, 6) is 1.31. The molecule has 1 aliphatic heterocycles. The molecule has 0 aromatic heterocycles. The molecule has 5 heteroatoms. The van der Waals surface area contributed by atoms with Gasteiger partial charge in [-0.2, -0.15) is 0 Å². The number of carbonyl (C=O) groups is 1. The maximum atomic E-state index is 12.3. The highest BCUT2D eigenvalue weighted by Crippen LogP contribution is 2.47. The molecule has 4 rings (SSSR count). The van der Waals surface area contributed by atoms with Crippen LogP contribution in [0.25, 0.3) is 0 Å². The van der Waals surface area contributed by atoms with Gasteiger partial charge in [0.05, 0.1) is 13.2 Å². The zero-order valence-corrected chi connectivity index (χ0v) is 19.4. The summed E-state index contributed by atoms with van der Waals surface area (Å²) in [5.41, 5.74) is 1.73. The molecule has 0 radical (unpaired) electrons. The predicted octanol–water partition coefficient (Wildman–Crippen LogP) is 4.57. The van der Waals surface area contributed by atoms with E-state index in [0.717, 1.165) is 43.0 Å². The highest BCUT2D eigenvalue weighted by Gasteiger charge is 2.50. The molecule has 2 aromatic carbocycles. The second-order valence-electron chi connectivity index (χ2n) is 9.66. The second kappa shape index (κ2) is 9.63. The van der Waals surface area contributed by atoms with Gasteiger partial charge in [0.2, 0.25) is 0 Å². The molecule has 2 aromatic rings. The Hall–Kier alpha value is -2.37. The van der Waals surface area contributed by atoms with Crippen LogP contribution in [0.4, 0.5) is 0 Å². The van der Waals surface area contributed by atoms with Crippen LogP contribution in [0, 0.1) is 5.41 Å². The van der Waals surface area contributed by atoms with Crippen LogP contribution >= 0.6 is 0 Å². The summed E-state index contributed by atoms with van der Waals surface area (Å²) in [7, 11) is 1.66. The number of likely N-dealkylation sites (tertiary alicyclic amines) is 1. The number of aliphatic hydroxyl groups excluding tert-OH is 1. The Bertz CT molecular complexity index is 925. The lowest BCUT2D eigenvalue weighted by atomic mass is 9.71. The number of ether oxygens (including phenoxy) is 2. The third-order valence-electron chi connectivity index (χ3n) is 7.25. The third-order valence-corrected chi connectivity index (χ3v) is 7.25. The lowest BCUT2D eigenvalue weighted by Crippen LogP contribution is -2.42. The molecule has 3 atom stereocenters. The summed E-state index contributed by atoms with van der Waals surface area (Å²) in [6, 6.07) is 16.4. The maximum Gasteiger partial charge on any atom is 0.161 e. The van der Waals surface area contributed by atoms with Gasteiger partial charge in [0.25, 0.3) is 0 Å². The smallest absolute Gasteiger partial charge is 0.161 e. The normalized spacial score (nSPS) is 25.1. The Kier molecular flexibility index (Phi) is 6.87. The fourth-order valence-electron chi connectivity index (χ4n) is 5.50. The maximum absolute atomic E-state index is 12.3. The zero-order valence-electron chi connectivity index (χ0n) is 19.4. The van der Waals surface area contributed by atoms with E-state index in [0.29, 0.717) is 6.54 Å². The predicted molar refractivity (Wildman–Crippen MR) is 125 cm³/mol. The monoisotopic (exact) mass is 437 g/mol. The van der Waals surface area contributed by atoms with E-state index in [-0.39, 0.29) is 17.8 Å². The quantitative estimate of drug-likeness (QED) is 0.655. The summed E-state index contributed by atoms with van der Waals surface area (Å²) >= 11 is 0. The minimum Gasteiger partial charge on any atom is -0.493 e. The molecule has 172 valence electrons. The Morgan fingerprint density at radius 1 is 1.16 bits per heavy atom. The lowest BCUT2D eigenvalue weighted by molar-refractivity contribution is -0.131. The number of ketones is 1. The Balaban J connectivity index is 1.64. The molecule has 1 unspecified atom stereocenters. The fourth-order valence-corrected chi connectivity index (χ4v) is 5.50. The van der Waals surface area contributed by atoms with Crippen LogP contribution in [0.2, 0.25) is 0 Å². The average molecular weight is 438 g/mol. The van der Waals surface area contributed by atoms with E-state index < -0.39 is 11.5 Å². The minimum absolute atomic E-state index is 0.00180. The van der Waals surface area contributed by atoms with E-state index in [1.54, 1.807) is 7.11 Å². The van der Waals surface area contributed by atoms with Crippen LogP contribution in [-0.4, -0.2) is 48.2 Å². The van der Waals surface area contributed by atoms with Crippen molar-refractivity contribution in [1.82, 2.24) is 4.90 Å². The van der Waals surface area contributed by atoms with E-state index in [1.807, 2.05) is 31.2 Å². The number of benzene rings is 2. The number of hydrogen-bond donors (Lipinski definition) is 1. The van der Waals surface area contributed by atoms with Gasteiger partial charge >= 0.3 is 0 Å². The van der Waals surface area contributed by atoms with E-state index in [4.69, 9.17) is 9.47 Å². The molecule has 0 spiro atoms. The van der Waals surface area contributed by atoms with Gasteiger partial charge in [0.1, 0.15) is 6.10 Å². The highest BCUT2D eigenvalue weighted by molar-refractivity contribution is 5.81. The number of rotatable bonds is 8. The molecule has 1 N–H and O–H groups in total. The molecule has 2 aliphatic rings. The first kappa shape index (κ1) is 22.8. The number of aliphatic hydroxyl groups is 1. The number of nitrogens with zero attached hydrogens (tertiary/aromatic N) is 1. The molecular weight excluding hydrogens is 402 g/mol. The molecule has 5 nitrogen and oxygen atoms in total. The van der Waals surface area contributed by atoms with Crippen molar-refractivity contribution in [2.45, 2.75) is 64.2 Å². The largest absolute Gasteiger partial charge is 0.493 e. The molecule has 1 aliphatic carbocycles. The van der Waals surface area contributed by atoms with Gasteiger partial charge in [0.15, 0.2) is 17.3 Å². The van der Waals surface area contributed by atoms with E-state index in [9.17, 15) is 9.90 Å². The fraction of sp³-hybridized carbons (Fsp3) is 0.519. The van der Waals surface area contributed by atoms with Gasteiger partial charge in [-0.3, -0.25) is 9.69 Å². The molecule has 0 amide bonds. The van der Waals surface area contributed by atoms with Crippen molar-refractivity contribution in [3.05, 3.63) is 59.7 Å². The van der Waals surface area contributed by atoms with Gasteiger partial charge in [-0.05, 0) is 55.9 Å². The molecule has 1 heterocycles. The van der Waals surface area contributed by atoms with E-state index in [2.05, 4.69) is 29.2 Å². The van der Waals surface area contributed by atoms with Crippen LogP contribution in [0.5, 0.6) is 11.5 Å². The van der Waals surface area contributed by atoms with Crippen molar-refractivity contribution < 1.29 is 19.4 Å². The Labute approximate surface area is 191 Å². The molecule has 32 heavy (non-hydrogen) atoms. The van der Waals surface area contributed by atoms with Crippen LogP contribution in [0.3, 0.4) is 0 Å². The number of hydrogen-bond acceptors (Lipinski definition) is 5. The number of methoxy groups -OCH3 is 1. The van der Waals surface area contributed by atoms with Crippen LogP contribution in [-0.2, 0) is 11.3 Å². The van der Waals surface area contributed by atoms with Crippen molar-refractivity contribution in [1.29, 1.82) is 0 Å². The molecule has 1 saturated carbocycles. The van der Waals surface area contributed by atoms with Gasteiger partial charge < -0.3 is 14.6 Å². The van der Waals surface area contributed by atoms with E-state index >= 15 is 0 Å². The van der Waals surface area contributed by atoms with Crippen LogP contribution < -0.4 is 9.47 Å². The first-order valence-electron chi connectivity index (χ1n) is 11.7. The summed E-state index contributed by atoms with van der Waals surface area (Å²) in [4.78, 5) is 14.6. The molecule has 2 fully saturated rings. The second-order valence-corrected chi connectivity index (χ2v) is 9.66. The summed E-state index contributed by atoms with van der Waals surface area (Å²) in [6.07, 6.45) is 3.76. The van der Waals surface area contributed by atoms with Crippen molar-refractivity contribution in [3.8, 4) is 11.5 Å². The summed E-state index contributed by atoms with van der Waals surface area (Å²) in [6.45, 7) is 5.73. The molecule has 1 saturated heterocycles. The summed E-state index contributed by atoms with van der Waals surface area (Å²) in [5, 5.41) is 11.0. The van der Waals surface area contributed by atoms with Gasteiger partial charge in [-0.25, -0.2) is 0 Å². The minimum atomic E-state index is -1.02. The van der Waals surface area contributed by atoms with E-state index in [1.165, 1.54) is 25.3 Å². The molecular formula is C27H35NO4. The highest BCUT2D eigenvalue weighted by atomic mass is 16.5. The Morgan fingerprint density at radius 2 is 1.88 bits per heavy atom. The van der Waals surface area contributed by atoms with Crippen LogP contribution in [0.15, 0.2) is 48.5 Å². The Morgan fingerprint density at radius 3 is 2.53 bits per heavy atom. The van der Waals surface area contributed by atoms with Crippen molar-refractivity contribution in [3.63, 3.8) is 0 Å².